The van der Waals surface area contributed by atoms with E-state index in [1.54, 1.807) is 0 Å². The van der Waals surface area contributed by atoms with E-state index in [-0.39, 0.29) is 6.04 Å². The van der Waals surface area contributed by atoms with Crippen LogP contribution in [0, 0.1) is 0 Å². The predicted molar refractivity (Wildman–Crippen MR) is 92.5 cm³/mol. The number of likely N-dealkylation sites (N-methyl/N-ethyl adjacent to an activating group) is 1. The van der Waals surface area contributed by atoms with Crippen LogP contribution in [0.1, 0.15) is 25.0 Å². The monoisotopic (exact) mass is 284 g/mol. The van der Waals surface area contributed by atoms with Gasteiger partial charge in [-0.05, 0) is 44.9 Å². The second-order valence-electron chi connectivity index (χ2n) is 5.55. The zero-order valence-electron chi connectivity index (χ0n) is 13.4. The third kappa shape index (κ3) is 8.28. The molecule has 0 aliphatic rings. The molecule has 0 fully saturated rings. The van der Waals surface area contributed by atoms with Crippen LogP contribution in [0.3, 0.4) is 0 Å². The van der Waals surface area contributed by atoms with Crippen molar-refractivity contribution in [3.8, 4) is 0 Å². The van der Waals surface area contributed by atoms with E-state index in [4.69, 9.17) is 5.73 Å². The first kappa shape index (κ1) is 17.4. The van der Waals surface area contributed by atoms with Crippen LogP contribution in [0.4, 0.5) is 0 Å². The summed E-state index contributed by atoms with van der Waals surface area (Å²) in [5.41, 5.74) is 8.34. The van der Waals surface area contributed by atoms with Gasteiger partial charge in [-0.1, -0.05) is 60.7 Å². The third-order valence-corrected chi connectivity index (χ3v) is 3.28. The van der Waals surface area contributed by atoms with Gasteiger partial charge in [-0.15, -0.1) is 0 Å². The predicted octanol–water partition coefficient (Wildman–Crippen LogP) is 3.41. The van der Waals surface area contributed by atoms with Crippen molar-refractivity contribution in [3.05, 3.63) is 71.8 Å². The molecule has 0 saturated heterocycles. The molecule has 2 nitrogen and oxygen atoms in total. The minimum absolute atomic E-state index is 0.266. The zero-order valence-corrected chi connectivity index (χ0v) is 13.4. The van der Waals surface area contributed by atoms with Crippen LogP contribution >= 0.6 is 0 Å². The van der Waals surface area contributed by atoms with Crippen molar-refractivity contribution in [1.29, 1.82) is 0 Å². The maximum absolute atomic E-state index is 5.62. The molecule has 0 spiro atoms. The van der Waals surface area contributed by atoms with Gasteiger partial charge in [0.15, 0.2) is 0 Å². The average molecular weight is 284 g/mol. The fourth-order valence-corrected chi connectivity index (χ4v) is 2.06. The normalized spacial score (nSPS) is 13.0. The van der Waals surface area contributed by atoms with E-state index in [2.05, 4.69) is 48.6 Å². The fraction of sp³-hybridized carbons (Fsp3) is 0.368. The standard InChI is InChI=1S/C10H15N.C9H13N/c1-9(11-2)8-10-6-4-3-5-7-10;1-8(10)7-9-5-3-2-4-6-9/h3-7,9,11H,8H2,1-2H3;2-6,8H,7,10H2,1H3/t9-;8-/m00/s1. The molecule has 0 bridgehead atoms. The SMILES string of the molecule is CN[C@@H](C)Cc1ccccc1.C[C@H](N)Cc1ccccc1. The average Bonchev–Trinajstić information content (AvgIpc) is 2.49. The molecule has 0 aromatic heterocycles. The molecule has 2 rings (SSSR count). The maximum Gasteiger partial charge on any atom is 0.00761 e. The lowest BCUT2D eigenvalue weighted by Gasteiger charge is -2.08. The van der Waals surface area contributed by atoms with E-state index in [1.807, 2.05) is 38.2 Å². The summed E-state index contributed by atoms with van der Waals surface area (Å²) >= 11 is 0. The number of nitrogens with two attached hydrogens (primary N) is 1. The summed E-state index contributed by atoms with van der Waals surface area (Å²) < 4.78 is 0. The molecule has 0 radical (unpaired) electrons. The molecule has 0 aliphatic heterocycles. The summed E-state index contributed by atoms with van der Waals surface area (Å²) in [6.45, 7) is 4.21. The van der Waals surface area contributed by atoms with Crippen LogP contribution in [0.5, 0.6) is 0 Å². The van der Waals surface area contributed by atoms with Crippen molar-refractivity contribution < 1.29 is 0 Å². The molecule has 2 aromatic carbocycles. The lowest BCUT2D eigenvalue weighted by atomic mass is 10.1. The fourth-order valence-electron chi connectivity index (χ4n) is 2.06. The summed E-state index contributed by atoms with van der Waals surface area (Å²) in [5.74, 6) is 0. The Kier molecular flexibility index (Phi) is 8.41. The molecule has 0 heterocycles. The van der Waals surface area contributed by atoms with Gasteiger partial charge in [0.25, 0.3) is 0 Å². The largest absolute Gasteiger partial charge is 0.328 e. The van der Waals surface area contributed by atoms with E-state index in [0.717, 1.165) is 12.8 Å². The lowest BCUT2D eigenvalue weighted by molar-refractivity contribution is 0.608. The number of rotatable bonds is 5. The molecule has 2 aromatic rings. The molecule has 0 saturated carbocycles. The highest BCUT2D eigenvalue weighted by molar-refractivity contribution is 5.16. The Bertz CT molecular complexity index is 465. The van der Waals surface area contributed by atoms with Gasteiger partial charge >= 0.3 is 0 Å². The summed E-state index contributed by atoms with van der Waals surface area (Å²) in [4.78, 5) is 0. The molecule has 0 aliphatic carbocycles. The topological polar surface area (TPSA) is 38.0 Å². The van der Waals surface area contributed by atoms with Gasteiger partial charge in [0.1, 0.15) is 0 Å². The van der Waals surface area contributed by atoms with Crippen molar-refractivity contribution in [2.75, 3.05) is 7.05 Å². The van der Waals surface area contributed by atoms with Gasteiger partial charge in [-0.3, -0.25) is 0 Å². The Morgan fingerprint density at radius 1 is 0.810 bits per heavy atom. The van der Waals surface area contributed by atoms with E-state index in [9.17, 15) is 0 Å². The van der Waals surface area contributed by atoms with Gasteiger partial charge < -0.3 is 11.1 Å². The molecular weight excluding hydrogens is 256 g/mol. The minimum Gasteiger partial charge on any atom is -0.328 e. The summed E-state index contributed by atoms with van der Waals surface area (Å²) in [6, 6.07) is 21.7. The zero-order chi connectivity index (χ0) is 15.5. The van der Waals surface area contributed by atoms with Gasteiger partial charge in [-0.25, -0.2) is 0 Å². The second kappa shape index (κ2) is 10.1. The highest BCUT2D eigenvalue weighted by atomic mass is 14.8. The lowest BCUT2D eigenvalue weighted by Crippen LogP contribution is -2.23. The van der Waals surface area contributed by atoms with E-state index in [0.29, 0.717) is 6.04 Å². The Morgan fingerprint density at radius 2 is 1.24 bits per heavy atom. The molecule has 3 N–H and O–H groups in total. The first-order valence-electron chi connectivity index (χ1n) is 7.62. The van der Waals surface area contributed by atoms with Crippen molar-refractivity contribution in [1.82, 2.24) is 5.32 Å². The van der Waals surface area contributed by atoms with Gasteiger partial charge in [-0.2, -0.15) is 0 Å². The first-order valence-corrected chi connectivity index (χ1v) is 7.62. The highest BCUT2D eigenvalue weighted by Gasteiger charge is 1.97. The second-order valence-corrected chi connectivity index (χ2v) is 5.55. The number of benzene rings is 2. The van der Waals surface area contributed by atoms with Gasteiger partial charge in [0.2, 0.25) is 0 Å². The summed E-state index contributed by atoms with van der Waals surface area (Å²) in [5, 5.41) is 3.21. The summed E-state index contributed by atoms with van der Waals surface area (Å²) in [7, 11) is 1.99. The molecule has 0 unspecified atom stereocenters. The Morgan fingerprint density at radius 3 is 1.62 bits per heavy atom. The maximum atomic E-state index is 5.62. The van der Waals surface area contributed by atoms with Crippen LogP contribution in [-0.2, 0) is 12.8 Å². The third-order valence-electron chi connectivity index (χ3n) is 3.28. The van der Waals surface area contributed by atoms with Crippen LogP contribution in [-0.4, -0.2) is 19.1 Å². The van der Waals surface area contributed by atoms with E-state index < -0.39 is 0 Å². The molecule has 114 valence electrons. The highest BCUT2D eigenvalue weighted by Crippen LogP contribution is 2.02. The van der Waals surface area contributed by atoms with Gasteiger partial charge in [0, 0.05) is 12.1 Å². The van der Waals surface area contributed by atoms with Gasteiger partial charge in [0.05, 0.1) is 0 Å². The van der Waals surface area contributed by atoms with E-state index in [1.165, 1.54) is 11.1 Å². The van der Waals surface area contributed by atoms with Crippen LogP contribution in [0.2, 0.25) is 0 Å². The van der Waals surface area contributed by atoms with Crippen LogP contribution in [0.15, 0.2) is 60.7 Å². The quantitative estimate of drug-likeness (QED) is 0.883. The number of hydrogen-bond acceptors (Lipinski definition) is 2. The van der Waals surface area contributed by atoms with Crippen molar-refractivity contribution in [3.63, 3.8) is 0 Å². The van der Waals surface area contributed by atoms with Crippen LogP contribution in [0.25, 0.3) is 0 Å². The minimum atomic E-state index is 0.266. The Labute approximate surface area is 129 Å². The number of hydrogen-bond donors (Lipinski definition) is 2. The molecule has 2 atom stereocenters. The first-order chi connectivity index (χ1) is 10.1. The Hall–Kier alpha value is -1.64. The smallest absolute Gasteiger partial charge is 0.00761 e. The molecule has 21 heavy (non-hydrogen) atoms. The molecule has 0 amide bonds. The summed E-state index contributed by atoms with van der Waals surface area (Å²) in [6.07, 6.45) is 2.08. The molecular formula is C19H28N2. The van der Waals surface area contributed by atoms with Crippen molar-refractivity contribution in [2.24, 2.45) is 5.73 Å². The Balaban J connectivity index is 0.000000211. The van der Waals surface area contributed by atoms with Crippen LogP contribution < -0.4 is 11.1 Å². The molecule has 2 heteroatoms. The van der Waals surface area contributed by atoms with E-state index >= 15 is 0 Å². The van der Waals surface area contributed by atoms with Crippen molar-refractivity contribution >= 4 is 0 Å². The number of nitrogens with one attached hydrogen (secondary N) is 1. The van der Waals surface area contributed by atoms with Crippen molar-refractivity contribution in [2.45, 2.75) is 38.8 Å².